The van der Waals surface area contributed by atoms with Gasteiger partial charge in [0.2, 0.25) is 5.91 Å². The van der Waals surface area contributed by atoms with E-state index in [-0.39, 0.29) is 5.69 Å². The van der Waals surface area contributed by atoms with E-state index in [1.165, 1.54) is 18.2 Å². The fourth-order valence-corrected chi connectivity index (χ4v) is 4.16. The predicted octanol–water partition coefficient (Wildman–Crippen LogP) is 7.36. The van der Waals surface area contributed by atoms with Gasteiger partial charge in [0.25, 0.3) is 0 Å². The van der Waals surface area contributed by atoms with Gasteiger partial charge in [-0.05, 0) is 55.3 Å². The van der Waals surface area contributed by atoms with Crippen LogP contribution in [0.2, 0.25) is 0 Å². The van der Waals surface area contributed by atoms with Crippen molar-refractivity contribution < 1.29 is 18.3 Å². The van der Waals surface area contributed by atoms with Crippen LogP contribution < -0.4 is 10.1 Å². The summed E-state index contributed by atoms with van der Waals surface area (Å²) in [6, 6.07) is 16.0. The maximum absolute atomic E-state index is 13.9. The Hall–Kier alpha value is -3.38. The van der Waals surface area contributed by atoms with Crippen molar-refractivity contribution in [3.63, 3.8) is 0 Å². The van der Waals surface area contributed by atoms with Crippen LogP contribution in [0.5, 0.6) is 5.75 Å². The molecule has 0 aliphatic heterocycles. The normalized spacial score (nSPS) is 11.6. The van der Waals surface area contributed by atoms with Gasteiger partial charge in [0.05, 0.1) is 19.1 Å². The Bertz CT molecular complexity index is 1360. The highest BCUT2D eigenvalue weighted by Gasteiger charge is 2.19. The Labute approximate surface area is 193 Å². The van der Waals surface area contributed by atoms with Crippen molar-refractivity contribution in [3.05, 3.63) is 88.4 Å². The number of benzene rings is 3. The van der Waals surface area contributed by atoms with Crippen molar-refractivity contribution in [3.8, 4) is 16.9 Å². The van der Waals surface area contributed by atoms with E-state index < -0.39 is 11.7 Å². The molecule has 162 valence electrons. The third kappa shape index (κ3) is 4.18. The molecule has 4 rings (SSSR count). The number of hydrogen-bond acceptors (Lipinski definition) is 3. The number of para-hydroxylation sites is 1. The van der Waals surface area contributed by atoms with E-state index in [1.54, 1.807) is 25.5 Å². The Kier molecular flexibility index (Phi) is 6.15. The molecule has 0 radical (unpaired) electrons. The zero-order chi connectivity index (χ0) is 22.8. The summed E-state index contributed by atoms with van der Waals surface area (Å²) < 4.78 is 26.4. The van der Waals surface area contributed by atoms with Gasteiger partial charge in [0, 0.05) is 32.6 Å². The van der Waals surface area contributed by atoms with Gasteiger partial charge >= 0.3 is 0 Å². The molecule has 0 unspecified atom stereocenters. The largest absolute Gasteiger partial charge is 0.496 e. The molecule has 0 spiro atoms. The third-order valence-electron chi connectivity index (χ3n) is 5.29. The number of halogens is 2. The smallest absolute Gasteiger partial charge is 0.248 e. The van der Waals surface area contributed by atoms with Crippen LogP contribution in [-0.4, -0.2) is 13.0 Å². The number of ether oxygens (including phenoxy) is 1. The second-order valence-corrected chi connectivity index (χ2v) is 8.33. The van der Waals surface area contributed by atoms with Gasteiger partial charge in [-0.15, -0.1) is 0 Å². The second kappa shape index (κ2) is 9.01. The Morgan fingerprint density at radius 3 is 2.66 bits per heavy atom. The van der Waals surface area contributed by atoms with E-state index in [2.05, 4.69) is 21.2 Å². The van der Waals surface area contributed by atoms with Gasteiger partial charge in [-0.2, -0.15) is 0 Å². The third-order valence-corrected chi connectivity index (χ3v) is 5.78. The number of allylic oxidation sites excluding steroid dienone is 1. The van der Waals surface area contributed by atoms with Crippen LogP contribution in [0.25, 0.3) is 27.7 Å². The van der Waals surface area contributed by atoms with E-state index >= 15 is 0 Å². The lowest BCUT2D eigenvalue weighted by Crippen LogP contribution is -2.10. The van der Waals surface area contributed by atoms with Crippen LogP contribution in [0.4, 0.5) is 10.1 Å². The molecule has 6 heteroatoms. The van der Waals surface area contributed by atoms with E-state index in [1.807, 2.05) is 44.2 Å². The van der Waals surface area contributed by atoms with Crippen LogP contribution >= 0.6 is 15.9 Å². The molecule has 1 N–H and O–H groups in total. The van der Waals surface area contributed by atoms with Gasteiger partial charge < -0.3 is 14.5 Å². The molecule has 0 aliphatic rings. The molecular formula is C26H21BrFNO3. The molecule has 4 nitrogen and oxygen atoms in total. The van der Waals surface area contributed by atoms with Crippen LogP contribution in [0, 0.1) is 12.7 Å². The van der Waals surface area contributed by atoms with E-state index in [0.717, 1.165) is 37.7 Å². The van der Waals surface area contributed by atoms with Crippen molar-refractivity contribution >= 4 is 44.1 Å². The molecule has 1 aromatic heterocycles. The number of methoxy groups -OCH3 is 1. The summed E-state index contributed by atoms with van der Waals surface area (Å²) >= 11 is 3.52. The Balaban J connectivity index is 1.78. The lowest BCUT2D eigenvalue weighted by Gasteiger charge is -2.13. The van der Waals surface area contributed by atoms with Gasteiger partial charge in [-0.25, -0.2) is 4.39 Å². The highest BCUT2D eigenvalue weighted by Crippen LogP contribution is 2.41. The second-order valence-electron chi connectivity index (χ2n) is 7.42. The van der Waals surface area contributed by atoms with Crippen LogP contribution in [0.1, 0.15) is 18.1 Å². The number of fused-ring (bicyclic) bond motifs is 1. The fourth-order valence-electron chi connectivity index (χ4n) is 3.76. The molecule has 0 aliphatic carbocycles. The summed E-state index contributed by atoms with van der Waals surface area (Å²) in [5.74, 6) is -0.286. The maximum Gasteiger partial charge on any atom is 0.248 e. The lowest BCUT2D eigenvalue weighted by atomic mass is 9.96. The zero-order valence-corrected chi connectivity index (χ0v) is 19.4. The molecule has 4 aromatic rings. The number of aryl methyl sites for hydroxylation is 1. The molecule has 0 saturated carbocycles. The molecule has 0 atom stereocenters. The minimum atomic E-state index is -0.487. The minimum absolute atomic E-state index is 0.131. The van der Waals surface area contributed by atoms with Crippen molar-refractivity contribution in [2.75, 3.05) is 12.4 Å². The highest BCUT2D eigenvalue weighted by molar-refractivity contribution is 9.10. The summed E-state index contributed by atoms with van der Waals surface area (Å²) in [6.07, 6.45) is 3.17. The SMILES string of the molecule is COc1c(/C(C)=C/C(=O)Nc2ccccc2F)cc2c(-c3cccc(Br)c3)coc2c1C. The predicted molar refractivity (Wildman–Crippen MR) is 129 cm³/mol. The Morgan fingerprint density at radius 1 is 1.16 bits per heavy atom. The fraction of sp³-hybridized carbons (Fsp3) is 0.115. The maximum atomic E-state index is 13.9. The number of furan rings is 1. The van der Waals surface area contributed by atoms with Gasteiger partial charge in [0.1, 0.15) is 17.1 Å². The zero-order valence-electron chi connectivity index (χ0n) is 17.8. The average molecular weight is 494 g/mol. The summed E-state index contributed by atoms with van der Waals surface area (Å²) in [7, 11) is 1.59. The van der Waals surface area contributed by atoms with Crippen LogP contribution in [-0.2, 0) is 4.79 Å². The molecule has 0 saturated heterocycles. The topological polar surface area (TPSA) is 51.5 Å². The molecule has 0 bridgehead atoms. The van der Waals surface area contributed by atoms with Gasteiger partial charge in [-0.1, -0.05) is 40.2 Å². The van der Waals surface area contributed by atoms with Crippen molar-refractivity contribution in [1.29, 1.82) is 0 Å². The molecule has 32 heavy (non-hydrogen) atoms. The highest BCUT2D eigenvalue weighted by atomic mass is 79.9. The van der Waals surface area contributed by atoms with Crippen molar-refractivity contribution in [1.82, 2.24) is 0 Å². The first-order valence-electron chi connectivity index (χ1n) is 9.98. The van der Waals surface area contributed by atoms with Crippen molar-refractivity contribution in [2.24, 2.45) is 0 Å². The standard InChI is InChI=1S/C26H21BrFNO3/c1-15(11-24(30)29-23-10-5-4-9-22(23)28)19-13-20-21(17-7-6-8-18(27)12-17)14-32-26(20)16(2)25(19)31-3/h4-14H,1-3H3,(H,29,30)/b15-11+. The first-order valence-corrected chi connectivity index (χ1v) is 10.8. The number of hydrogen-bond donors (Lipinski definition) is 1. The number of carbonyl (C=O) groups excluding carboxylic acids is 1. The number of rotatable bonds is 5. The first-order chi connectivity index (χ1) is 15.4. The molecule has 1 amide bonds. The van der Waals surface area contributed by atoms with Crippen LogP contribution in [0.15, 0.2) is 75.8 Å². The van der Waals surface area contributed by atoms with E-state index in [0.29, 0.717) is 11.3 Å². The quantitative estimate of drug-likeness (QED) is 0.295. The van der Waals surface area contributed by atoms with E-state index in [4.69, 9.17) is 9.15 Å². The Morgan fingerprint density at radius 2 is 1.94 bits per heavy atom. The summed E-state index contributed by atoms with van der Waals surface area (Å²) in [5.41, 5.74) is 5.09. The van der Waals surface area contributed by atoms with Crippen LogP contribution in [0.3, 0.4) is 0 Å². The summed E-state index contributed by atoms with van der Waals surface area (Å²) in [5, 5.41) is 3.50. The summed E-state index contributed by atoms with van der Waals surface area (Å²) in [4.78, 5) is 12.6. The summed E-state index contributed by atoms with van der Waals surface area (Å²) in [6.45, 7) is 3.74. The average Bonchev–Trinajstić information content (AvgIpc) is 3.19. The minimum Gasteiger partial charge on any atom is -0.496 e. The first kappa shape index (κ1) is 21.8. The monoisotopic (exact) mass is 493 g/mol. The molecule has 0 fully saturated rings. The number of anilines is 1. The van der Waals surface area contributed by atoms with Gasteiger partial charge in [-0.3, -0.25) is 4.79 Å². The molecule has 1 heterocycles. The number of amides is 1. The molecular weight excluding hydrogens is 473 g/mol. The van der Waals surface area contributed by atoms with Gasteiger partial charge in [0.15, 0.2) is 0 Å². The van der Waals surface area contributed by atoms with Crippen molar-refractivity contribution in [2.45, 2.75) is 13.8 Å². The lowest BCUT2D eigenvalue weighted by molar-refractivity contribution is -0.111. The number of carbonyl (C=O) groups is 1. The molecule has 3 aromatic carbocycles. The number of nitrogens with one attached hydrogen (secondary N) is 1. The van der Waals surface area contributed by atoms with E-state index in [9.17, 15) is 9.18 Å².